The van der Waals surface area contributed by atoms with Crippen molar-refractivity contribution in [3.63, 3.8) is 0 Å². The number of nitrogens with one attached hydrogen (secondary N) is 1. The zero-order valence-electron chi connectivity index (χ0n) is 14.3. The van der Waals surface area contributed by atoms with Gasteiger partial charge in [0.25, 0.3) is 0 Å². The van der Waals surface area contributed by atoms with Gasteiger partial charge in [-0.1, -0.05) is 13.8 Å². The van der Waals surface area contributed by atoms with Crippen LogP contribution >= 0.6 is 0 Å². The topological polar surface area (TPSA) is 18.5 Å². The first-order valence-corrected chi connectivity index (χ1v) is 8.60. The molecule has 0 aromatic heterocycles. The molecule has 2 unspecified atom stereocenters. The van der Waals surface area contributed by atoms with Gasteiger partial charge in [0.05, 0.1) is 0 Å². The first-order chi connectivity index (χ1) is 9.37. The summed E-state index contributed by atoms with van der Waals surface area (Å²) in [6.07, 6.45) is 4.20. The second-order valence-electron chi connectivity index (χ2n) is 8.12. The third-order valence-corrected chi connectivity index (χ3v) is 4.93. The van der Waals surface area contributed by atoms with E-state index in [0.717, 1.165) is 18.5 Å². The van der Waals surface area contributed by atoms with Gasteiger partial charge in [0.2, 0.25) is 0 Å². The lowest BCUT2D eigenvalue weighted by Crippen LogP contribution is -2.50. The lowest BCUT2D eigenvalue weighted by atomic mass is 10.0. The number of hydrogen-bond donors (Lipinski definition) is 1. The average Bonchev–Trinajstić information content (AvgIpc) is 2.97. The fourth-order valence-corrected chi connectivity index (χ4v) is 3.67. The number of rotatable bonds is 5. The summed E-state index contributed by atoms with van der Waals surface area (Å²) in [6.45, 7) is 17.9. The van der Waals surface area contributed by atoms with Crippen LogP contribution in [0.3, 0.4) is 0 Å². The quantitative estimate of drug-likeness (QED) is 0.835. The lowest BCUT2D eigenvalue weighted by Gasteiger charge is -2.34. The highest BCUT2D eigenvalue weighted by Gasteiger charge is 2.33. The van der Waals surface area contributed by atoms with Gasteiger partial charge < -0.3 is 5.32 Å². The maximum absolute atomic E-state index is 3.71. The predicted octanol–water partition coefficient (Wildman–Crippen LogP) is 2.57. The smallest absolute Gasteiger partial charge is 0.0244 e. The summed E-state index contributed by atoms with van der Waals surface area (Å²) < 4.78 is 0. The molecule has 2 atom stereocenters. The van der Waals surface area contributed by atoms with Crippen molar-refractivity contribution in [2.75, 3.05) is 32.7 Å². The molecule has 20 heavy (non-hydrogen) atoms. The molecule has 0 radical (unpaired) electrons. The summed E-state index contributed by atoms with van der Waals surface area (Å²) in [4.78, 5) is 5.47. The number of likely N-dealkylation sites (tertiary alicyclic amines) is 2. The molecule has 2 saturated heterocycles. The molecule has 0 saturated carbocycles. The molecule has 0 amide bonds. The van der Waals surface area contributed by atoms with Crippen molar-refractivity contribution in [1.82, 2.24) is 15.1 Å². The minimum atomic E-state index is 0.223. The van der Waals surface area contributed by atoms with E-state index in [0.29, 0.717) is 6.04 Å². The summed E-state index contributed by atoms with van der Waals surface area (Å²) in [5.41, 5.74) is 0.223. The van der Waals surface area contributed by atoms with Crippen molar-refractivity contribution < 1.29 is 0 Å². The van der Waals surface area contributed by atoms with Crippen molar-refractivity contribution in [1.29, 1.82) is 0 Å². The van der Waals surface area contributed by atoms with Crippen LogP contribution in [0.2, 0.25) is 0 Å². The SMILES string of the molecule is CC(C)C(CNC(C)(C)C)N1CCC(N2CCCC2)C1. The van der Waals surface area contributed by atoms with Crippen LogP contribution in [0, 0.1) is 5.92 Å². The Hall–Kier alpha value is -0.120. The summed E-state index contributed by atoms with van der Waals surface area (Å²) in [6, 6.07) is 1.51. The fourth-order valence-electron chi connectivity index (χ4n) is 3.67. The maximum Gasteiger partial charge on any atom is 0.0244 e. The van der Waals surface area contributed by atoms with Crippen LogP contribution in [0.5, 0.6) is 0 Å². The van der Waals surface area contributed by atoms with Gasteiger partial charge in [0.1, 0.15) is 0 Å². The highest BCUT2D eigenvalue weighted by molar-refractivity contribution is 4.91. The molecule has 2 aliphatic rings. The Balaban J connectivity index is 1.87. The Kier molecular flexibility index (Phi) is 5.49. The molecule has 118 valence electrons. The molecular formula is C17H35N3. The van der Waals surface area contributed by atoms with Crippen LogP contribution in [0.4, 0.5) is 0 Å². The Morgan fingerprint density at radius 2 is 1.75 bits per heavy atom. The van der Waals surface area contributed by atoms with Crippen LogP contribution < -0.4 is 5.32 Å². The van der Waals surface area contributed by atoms with Crippen molar-refractivity contribution in [3.8, 4) is 0 Å². The first-order valence-electron chi connectivity index (χ1n) is 8.60. The molecule has 3 heteroatoms. The van der Waals surface area contributed by atoms with Gasteiger partial charge in [-0.05, 0) is 59.0 Å². The van der Waals surface area contributed by atoms with E-state index in [4.69, 9.17) is 0 Å². The average molecular weight is 281 g/mol. The molecule has 0 aliphatic carbocycles. The van der Waals surface area contributed by atoms with Crippen LogP contribution in [0.25, 0.3) is 0 Å². The molecular weight excluding hydrogens is 246 g/mol. The molecule has 2 aliphatic heterocycles. The van der Waals surface area contributed by atoms with Crippen LogP contribution in [0.1, 0.15) is 53.9 Å². The zero-order chi connectivity index (χ0) is 14.8. The van der Waals surface area contributed by atoms with Crippen LogP contribution in [-0.4, -0.2) is 60.1 Å². The molecule has 3 nitrogen and oxygen atoms in total. The van der Waals surface area contributed by atoms with E-state index in [2.05, 4.69) is 49.7 Å². The highest BCUT2D eigenvalue weighted by atomic mass is 15.3. The Morgan fingerprint density at radius 1 is 1.10 bits per heavy atom. The van der Waals surface area contributed by atoms with E-state index in [1.54, 1.807) is 0 Å². The van der Waals surface area contributed by atoms with E-state index in [1.165, 1.54) is 45.4 Å². The van der Waals surface area contributed by atoms with Crippen molar-refractivity contribution in [3.05, 3.63) is 0 Å². The Morgan fingerprint density at radius 3 is 2.30 bits per heavy atom. The van der Waals surface area contributed by atoms with E-state index in [1.807, 2.05) is 0 Å². The minimum absolute atomic E-state index is 0.223. The van der Waals surface area contributed by atoms with Crippen LogP contribution in [-0.2, 0) is 0 Å². The summed E-state index contributed by atoms with van der Waals surface area (Å²) in [5, 5.41) is 3.71. The largest absolute Gasteiger partial charge is 0.311 e. The molecule has 2 fully saturated rings. The Bertz CT molecular complexity index is 289. The lowest BCUT2D eigenvalue weighted by molar-refractivity contribution is 0.157. The standard InChI is InChI=1S/C17H35N3/c1-14(2)16(12-18-17(3,4)5)20-11-8-15(13-20)19-9-6-7-10-19/h14-16,18H,6-13H2,1-5H3. The monoisotopic (exact) mass is 281 g/mol. The second kappa shape index (κ2) is 6.76. The number of hydrogen-bond acceptors (Lipinski definition) is 3. The summed E-state index contributed by atoms with van der Waals surface area (Å²) in [5.74, 6) is 0.724. The fraction of sp³-hybridized carbons (Fsp3) is 1.00. The van der Waals surface area contributed by atoms with E-state index >= 15 is 0 Å². The minimum Gasteiger partial charge on any atom is -0.311 e. The molecule has 0 aromatic carbocycles. The van der Waals surface area contributed by atoms with Crippen molar-refractivity contribution >= 4 is 0 Å². The maximum atomic E-state index is 3.71. The molecule has 0 bridgehead atoms. The summed E-state index contributed by atoms with van der Waals surface area (Å²) >= 11 is 0. The van der Waals surface area contributed by atoms with Crippen molar-refractivity contribution in [2.45, 2.75) is 71.5 Å². The predicted molar refractivity (Wildman–Crippen MR) is 87.2 cm³/mol. The Labute approximate surface area is 126 Å². The molecule has 0 spiro atoms. The van der Waals surface area contributed by atoms with Gasteiger partial charge in [-0.2, -0.15) is 0 Å². The van der Waals surface area contributed by atoms with E-state index in [9.17, 15) is 0 Å². The van der Waals surface area contributed by atoms with Gasteiger partial charge in [-0.25, -0.2) is 0 Å². The normalized spacial score (nSPS) is 27.6. The zero-order valence-corrected chi connectivity index (χ0v) is 14.3. The van der Waals surface area contributed by atoms with E-state index in [-0.39, 0.29) is 5.54 Å². The van der Waals surface area contributed by atoms with Gasteiger partial charge in [0.15, 0.2) is 0 Å². The molecule has 2 rings (SSSR count). The molecule has 1 N–H and O–H groups in total. The second-order valence-corrected chi connectivity index (χ2v) is 8.12. The van der Waals surface area contributed by atoms with E-state index < -0.39 is 0 Å². The van der Waals surface area contributed by atoms with Gasteiger partial charge in [-0.15, -0.1) is 0 Å². The number of nitrogens with zero attached hydrogens (tertiary/aromatic N) is 2. The third-order valence-electron chi connectivity index (χ3n) is 4.93. The highest BCUT2D eigenvalue weighted by Crippen LogP contribution is 2.24. The van der Waals surface area contributed by atoms with Gasteiger partial charge >= 0.3 is 0 Å². The molecule has 2 heterocycles. The first kappa shape index (κ1) is 16.3. The summed E-state index contributed by atoms with van der Waals surface area (Å²) in [7, 11) is 0. The van der Waals surface area contributed by atoms with Gasteiger partial charge in [-0.3, -0.25) is 9.80 Å². The van der Waals surface area contributed by atoms with Gasteiger partial charge in [0, 0.05) is 37.3 Å². The van der Waals surface area contributed by atoms with Crippen LogP contribution in [0.15, 0.2) is 0 Å². The third kappa shape index (κ3) is 4.44. The van der Waals surface area contributed by atoms with Crippen molar-refractivity contribution in [2.24, 2.45) is 5.92 Å². The molecule has 0 aromatic rings.